The Morgan fingerprint density at radius 1 is 0.950 bits per heavy atom. The molecule has 0 fully saturated rings. The second-order valence-corrected chi connectivity index (χ2v) is 8.55. The predicted octanol–water partition coefficient (Wildman–Crippen LogP) is 6.59. The van der Waals surface area contributed by atoms with Crippen LogP contribution in [0.2, 0.25) is 0 Å². The van der Waals surface area contributed by atoms with E-state index in [0.717, 1.165) is 21.5 Å². The molecule has 0 heterocycles. The minimum absolute atomic E-state index is 0.167. The van der Waals surface area contributed by atoms with E-state index >= 15 is 0 Å². The van der Waals surface area contributed by atoms with Gasteiger partial charge in [0.25, 0.3) is 5.91 Å². The maximum absolute atomic E-state index is 12.4. The van der Waals surface area contributed by atoms with Gasteiger partial charge >= 0.3 is 0 Å². The molecule has 0 aliphatic rings. The van der Waals surface area contributed by atoms with Gasteiger partial charge in [0.15, 0.2) is 0 Å². The van der Waals surface area contributed by atoms with Crippen molar-refractivity contribution in [3.63, 3.8) is 0 Å². The molecule has 0 saturated heterocycles. The van der Waals surface area contributed by atoms with E-state index in [2.05, 4.69) is 91.6 Å². The molecule has 1 amide bonds. The van der Waals surface area contributed by atoms with Crippen LogP contribution >= 0.6 is 86.3 Å². The van der Waals surface area contributed by atoms with Crippen molar-refractivity contribution >= 4 is 97.9 Å². The number of rotatable bonds is 2. The predicted molar refractivity (Wildman–Crippen MR) is 104 cm³/mol. The van der Waals surface area contributed by atoms with E-state index < -0.39 is 0 Å². The van der Waals surface area contributed by atoms with Gasteiger partial charge in [0, 0.05) is 21.5 Å². The van der Waals surface area contributed by atoms with Gasteiger partial charge in [-0.3, -0.25) is 4.79 Å². The van der Waals surface area contributed by atoms with Gasteiger partial charge in [-0.1, -0.05) is 15.9 Å². The van der Waals surface area contributed by atoms with Crippen molar-refractivity contribution in [2.45, 2.75) is 0 Å². The normalized spacial score (nSPS) is 10.4. The smallest absolute Gasteiger partial charge is 0.256 e. The number of hydrogen-bond acceptors (Lipinski definition) is 1. The maximum atomic E-state index is 12.4. The summed E-state index contributed by atoms with van der Waals surface area (Å²) in [7, 11) is 0. The van der Waals surface area contributed by atoms with Gasteiger partial charge in [-0.25, -0.2) is 0 Å². The topological polar surface area (TPSA) is 29.1 Å². The molecular formula is C13H6Br4INO. The van der Waals surface area contributed by atoms with Gasteiger partial charge in [-0.05, 0) is 101 Å². The van der Waals surface area contributed by atoms with Crippen LogP contribution in [0.3, 0.4) is 0 Å². The first-order chi connectivity index (χ1) is 9.38. The number of anilines is 1. The largest absolute Gasteiger partial charge is 0.320 e. The fourth-order valence-electron chi connectivity index (χ4n) is 1.51. The molecule has 0 unspecified atom stereocenters. The maximum Gasteiger partial charge on any atom is 0.256 e. The van der Waals surface area contributed by atoms with E-state index in [1.807, 2.05) is 30.3 Å². The van der Waals surface area contributed by atoms with Crippen molar-refractivity contribution in [1.82, 2.24) is 0 Å². The lowest BCUT2D eigenvalue weighted by molar-refractivity contribution is 0.102. The molecule has 0 bridgehead atoms. The van der Waals surface area contributed by atoms with Crippen molar-refractivity contribution < 1.29 is 4.79 Å². The first kappa shape index (κ1) is 16.9. The Bertz CT molecular complexity index is 667. The number of amides is 1. The van der Waals surface area contributed by atoms with Crippen LogP contribution in [0.1, 0.15) is 10.4 Å². The number of benzene rings is 2. The molecule has 1 N–H and O–H groups in total. The fraction of sp³-hybridized carbons (Fsp3) is 0. The van der Waals surface area contributed by atoms with E-state index in [4.69, 9.17) is 0 Å². The average molecular weight is 639 g/mol. The second-order valence-electron chi connectivity index (χ2n) is 3.82. The molecule has 0 atom stereocenters. The minimum atomic E-state index is -0.167. The van der Waals surface area contributed by atoms with Crippen molar-refractivity contribution in [2.24, 2.45) is 0 Å². The third-order valence-electron chi connectivity index (χ3n) is 2.42. The summed E-state index contributed by atoms with van der Waals surface area (Å²) in [6.45, 7) is 0. The minimum Gasteiger partial charge on any atom is -0.320 e. The van der Waals surface area contributed by atoms with E-state index in [1.165, 1.54) is 0 Å². The quantitative estimate of drug-likeness (QED) is 0.370. The summed E-state index contributed by atoms with van der Waals surface area (Å²) >= 11 is 15.9. The third kappa shape index (κ3) is 4.06. The van der Waals surface area contributed by atoms with Crippen LogP contribution in [-0.2, 0) is 0 Å². The number of carbonyl (C=O) groups is 1. The third-order valence-corrected chi connectivity index (χ3v) is 5.49. The molecule has 0 saturated carbocycles. The molecule has 0 aliphatic heterocycles. The van der Waals surface area contributed by atoms with Gasteiger partial charge in [-0.15, -0.1) is 0 Å². The van der Waals surface area contributed by atoms with Crippen LogP contribution in [0.5, 0.6) is 0 Å². The number of halogens is 5. The lowest BCUT2D eigenvalue weighted by Crippen LogP contribution is -2.13. The second kappa shape index (κ2) is 7.21. The zero-order chi connectivity index (χ0) is 14.9. The van der Waals surface area contributed by atoms with Gasteiger partial charge in [0.2, 0.25) is 0 Å². The molecule has 104 valence electrons. The highest BCUT2D eigenvalue weighted by molar-refractivity contribution is 14.1. The highest BCUT2D eigenvalue weighted by Crippen LogP contribution is 2.35. The average Bonchev–Trinajstić information content (AvgIpc) is 2.36. The summed E-state index contributed by atoms with van der Waals surface area (Å²) in [4.78, 5) is 12.4. The van der Waals surface area contributed by atoms with Crippen LogP contribution in [0, 0.1) is 3.57 Å². The van der Waals surface area contributed by atoms with Crippen molar-refractivity contribution in [2.75, 3.05) is 5.32 Å². The molecule has 2 aromatic carbocycles. The van der Waals surface area contributed by atoms with E-state index in [1.54, 1.807) is 0 Å². The number of nitrogens with one attached hydrogen (secondary N) is 1. The van der Waals surface area contributed by atoms with E-state index in [-0.39, 0.29) is 5.91 Å². The standard InChI is InChI=1S/C13H6Br4INO/c14-6-3-10(16)12(11(17)4-6)19-13(20)8-5-7(18)1-2-9(8)15/h1-5H,(H,19,20). The van der Waals surface area contributed by atoms with Crippen molar-refractivity contribution in [1.29, 1.82) is 0 Å². The molecule has 0 radical (unpaired) electrons. The monoisotopic (exact) mass is 635 g/mol. The summed E-state index contributed by atoms with van der Waals surface area (Å²) < 4.78 is 4.29. The van der Waals surface area contributed by atoms with E-state index in [9.17, 15) is 4.79 Å². The van der Waals surface area contributed by atoms with E-state index in [0.29, 0.717) is 11.3 Å². The summed E-state index contributed by atoms with van der Waals surface area (Å²) in [5, 5.41) is 2.90. The van der Waals surface area contributed by atoms with Gasteiger partial charge < -0.3 is 5.32 Å². The van der Waals surface area contributed by atoms with Gasteiger partial charge in [0.1, 0.15) is 0 Å². The highest BCUT2D eigenvalue weighted by Gasteiger charge is 2.14. The van der Waals surface area contributed by atoms with Crippen LogP contribution in [0.25, 0.3) is 0 Å². The first-order valence-corrected chi connectivity index (χ1v) is 9.54. The summed E-state index contributed by atoms with van der Waals surface area (Å²) in [5.41, 5.74) is 1.29. The SMILES string of the molecule is O=C(Nc1c(Br)cc(Br)cc1Br)c1cc(I)ccc1Br. The highest BCUT2D eigenvalue weighted by atomic mass is 127. The molecule has 20 heavy (non-hydrogen) atoms. The van der Waals surface area contributed by atoms with Crippen molar-refractivity contribution in [3.05, 3.63) is 57.4 Å². The Kier molecular flexibility index (Phi) is 6.10. The Balaban J connectivity index is 2.35. The van der Waals surface area contributed by atoms with Crippen LogP contribution in [-0.4, -0.2) is 5.91 Å². The Labute approximate surface area is 163 Å². The van der Waals surface area contributed by atoms with Crippen LogP contribution < -0.4 is 5.32 Å². The molecule has 2 rings (SSSR count). The molecule has 0 spiro atoms. The Morgan fingerprint density at radius 2 is 1.55 bits per heavy atom. The molecular weight excluding hydrogens is 633 g/mol. The Hall–Kier alpha value is 0.560. The molecule has 0 aromatic heterocycles. The lowest BCUT2D eigenvalue weighted by atomic mass is 10.2. The number of hydrogen-bond donors (Lipinski definition) is 1. The number of carbonyl (C=O) groups excluding carboxylic acids is 1. The Morgan fingerprint density at radius 3 is 2.15 bits per heavy atom. The molecule has 0 aliphatic carbocycles. The summed E-state index contributed by atoms with van der Waals surface area (Å²) in [6, 6.07) is 9.39. The molecule has 2 nitrogen and oxygen atoms in total. The zero-order valence-corrected chi connectivity index (χ0v) is 18.2. The van der Waals surface area contributed by atoms with Gasteiger partial charge in [-0.2, -0.15) is 0 Å². The summed E-state index contributed by atoms with van der Waals surface area (Å²) in [5.74, 6) is -0.167. The van der Waals surface area contributed by atoms with Crippen molar-refractivity contribution in [3.8, 4) is 0 Å². The lowest BCUT2D eigenvalue weighted by Gasteiger charge is -2.11. The zero-order valence-electron chi connectivity index (χ0n) is 9.68. The van der Waals surface area contributed by atoms with Crippen LogP contribution in [0.4, 0.5) is 5.69 Å². The first-order valence-electron chi connectivity index (χ1n) is 5.29. The van der Waals surface area contributed by atoms with Crippen LogP contribution in [0.15, 0.2) is 48.2 Å². The molecule has 7 heteroatoms. The molecule has 2 aromatic rings. The summed E-state index contributed by atoms with van der Waals surface area (Å²) in [6.07, 6.45) is 0. The fourth-order valence-corrected chi connectivity index (χ4v) is 4.89. The van der Waals surface area contributed by atoms with Gasteiger partial charge in [0.05, 0.1) is 11.3 Å².